The summed E-state index contributed by atoms with van der Waals surface area (Å²) in [5, 5.41) is 9.64. The Morgan fingerprint density at radius 3 is 2.00 bits per heavy atom. The molecule has 0 amide bonds. The highest BCUT2D eigenvalue weighted by atomic mass is 16.5. The van der Waals surface area contributed by atoms with Gasteiger partial charge in [0.25, 0.3) is 0 Å². The van der Waals surface area contributed by atoms with Gasteiger partial charge in [0.05, 0.1) is 12.8 Å². The summed E-state index contributed by atoms with van der Waals surface area (Å²) in [6.45, 7) is 0. The molecule has 0 saturated carbocycles. The second-order valence-electron chi connectivity index (χ2n) is 6.60. The predicted octanol–water partition coefficient (Wildman–Crippen LogP) is 5.55. The van der Waals surface area contributed by atoms with Gasteiger partial charge in [-0.05, 0) is 47.0 Å². The second-order valence-corrected chi connectivity index (χ2v) is 6.60. The van der Waals surface area contributed by atoms with E-state index in [1.165, 1.54) is 0 Å². The fraction of sp³-hybridized carbons (Fsp3) is 0.0400. The van der Waals surface area contributed by atoms with Gasteiger partial charge in [-0.3, -0.25) is 0 Å². The number of rotatable bonds is 4. The van der Waals surface area contributed by atoms with Crippen molar-refractivity contribution in [2.75, 3.05) is 12.8 Å². The smallest absolute Gasteiger partial charge is 0.142 e. The Balaban J connectivity index is 1.78. The zero-order chi connectivity index (χ0) is 20.2. The number of nitriles is 1. The van der Waals surface area contributed by atoms with Gasteiger partial charge in [-0.15, -0.1) is 0 Å². The summed E-state index contributed by atoms with van der Waals surface area (Å²) < 4.78 is 5.22. The predicted molar refractivity (Wildman–Crippen MR) is 116 cm³/mol. The number of pyridine rings is 1. The van der Waals surface area contributed by atoms with E-state index in [4.69, 9.17) is 10.5 Å². The highest BCUT2D eigenvalue weighted by molar-refractivity contribution is 5.81. The van der Waals surface area contributed by atoms with Crippen molar-refractivity contribution in [3.63, 3.8) is 0 Å². The molecule has 2 N–H and O–H groups in total. The third-order valence-corrected chi connectivity index (χ3v) is 4.85. The lowest BCUT2D eigenvalue weighted by molar-refractivity contribution is 0.415. The van der Waals surface area contributed by atoms with Crippen LogP contribution in [0.4, 0.5) is 5.82 Å². The summed E-state index contributed by atoms with van der Waals surface area (Å²) in [6, 6.07) is 30.0. The molecule has 3 aromatic carbocycles. The molecule has 1 aromatic heterocycles. The second kappa shape index (κ2) is 7.87. The van der Waals surface area contributed by atoms with E-state index < -0.39 is 0 Å². The minimum atomic E-state index is 0.225. The van der Waals surface area contributed by atoms with Crippen LogP contribution in [0, 0.1) is 11.3 Å². The van der Waals surface area contributed by atoms with Crippen LogP contribution in [0.25, 0.3) is 33.5 Å². The molecule has 0 aliphatic rings. The maximum Gasteiger partial charge on any atom is 0.142 e. The standard InChI is InChI=1S/C25H19N3O/c1-29-21-13-11-20(12-14-21)24-15-22(23(16-26)25(27)28-24)19-9-7-18(8-10-19)17-5-3-2-4-6-17/h2-15H,1H3,(H2,27,28). The molecule has 4 nitrogen and oxygen atoms in total. The van der Waals surface area contributed by atoms with Gasteiger partial charge in [0, 0.05) is 11.1 Å². The molecule has 4 heteroatoms. The Morgan fingerprint density at radius 2 is 1.38 bits per heavy atom. The quantitative estimate of drug-likeness (QED) is 0.506. The Kier molecular flexibility index (Phi) is 4.96. The SMILES string of the molecule is COc1ccc(-c2cc(-c3ccc(-c4ccccc4)cc3)c(C#N)c(N)n2)cc1. The van der Waals surface area contributed by atoms with Crippen molar-refractivity contribution in [3.8, 4) is 45.3 Å². The number of anilines is 1. The molecule has 0 fully saturated rings. The summed E-state index contributed by atoms with van der Waals surface area (Å²) in [6.07, 6.45) is 0. The van der Waals surface area contributed by atoms with Crippen LogP contribution in [-0.2, 0) is 0 Å². The first-order valence-electron chi connectivity index (χ1n) is 9.20. The zero-order valence-electron chi connectivity index (χ0n) is 16.0. The zero-order valence-corrected chi connectivity index (χ0v) is 16.0. The van der Waals surface area contributed by atoms with E-state index in [-0.39, 0.29) is 5.82 Å². The topological polar surface area (TPSA) is 71.9 Å². The van der Waals surface area contributed by atoms with Gasteiger partial charge in [-0.25, -0.2) is 4.98 Å². The van der Waals surface area contributed by atoms with Crippen LogP contribution in [0.3, 0.4) is 0 Å². The van der Waals surface area contributed by atoms with Gasteiger partial charge in [0.15, 0.2) is 0 Å². The number of nitrogens with zero attached hydrogens (tertiary/aromatic N) is 2. The number of hydrogen-bond donors (Lipinski definition) is 1. The van der Waals surface area contributed by atoms with Crippen LogP contribution in [0.1, 0.15) is 5.56 Å². The number of aromatic nitrogens is 1. The Morgan fingerprint density at radius 1 is 0.793 bits per heavy atom. The van der Waals surface area contributed by atoms with Crippen LogP contribution < -0.4 is 10.5 Å². The molecule has 0 aliphatic heterocycles. The molecule has 0 atom stereocenters. The number of nitrogen functional groups attached to an aromatic ring is 1. The average Bonchev–Trinajstić information content (AvgIpc) is 2.79. The van der Waals surface area contributed by atoms with Gasteiger partial charge in [0.2, 0.25) is 0 Å². The monoisotopic (exact) mass is 377 g/mol. The number of ether oxygens (including phenoxy) is 1. The normalized spacial score (nSPS) is 10.3. The van der Waals surface area contributed by atoms with E-state index in [9.17, 15) is 5.26 Å². The van der Waals surface area contributed by atoms with Crippen molar-refractivity contribution in [2.45, 2.75) is 0 Å². The molecular weight excluding hydrogens is 358 g/mol. The highest BCUT2D eigenvalue weighted by Gasteiger charge is 2.14. The molecule has 0 spiro atoms. The maximum absolute atomic E-state index is 9.64. The Hall–Kier alpha value is -4.10. The first-order chi connectivity index (χ1) is 14.2. The molecule has 0 bridgehead atoms. The summed E-state index contributed by atoms with van der Waals surface area (Å²) in [4.78, 5) is 4.44. The Labute approximate surface area is 169 Å². The molecule has 0 unspecified atom stereocenters. The first-order valence-corrected chi connectivity index (χ1v) is 9.20. The van der Waals surface area contributed by atoms with E-state index >= 15 is 0 Å². The van der Waals surface area contributed by atoms with E-state index in [1.807, 2.05) is 60.7 Å². The lowest BCUT2D eigenvalue weighted by Gasteiger charge is -2.11. The molecule has 0 aliphatic carbocycles. The summed E-state index contributed by atoms with van der Waals surface area (Å²) in [5.41, 5.74) is 12.1. The van der Waals surface area contributed by atoms with Crippen molar-refractivity contribution in [2.24, 2.45) is 0 Å². The minimum absolute atomic E-state index is 0.225. The van der Waals surface area contributed by atoms with E-state index in [2.05, 4.69) is 35.3 Å². The van der Waals surface area contributed by atoms with Crippen molar-refractivity contribution in [1.29, 1.82) is 5.26 Å². The van der Waals surface area contributed by atoms with Crippen LogP contribution in [0.15, 0.2) is 84.9 Å². The van der Waals surface area contributed by atoms with Crippen LogP contribution in [0.2, 0.25) is 0 Å². The Bertz CT molecular complexity index is 1180. The van der Waals surface area contributed by atoms with Gasteiger partial charge < -0.3 is 10.5 Å². The van der Waals surface area contributed by atoms with E-state index in [0.29, 0.717) is 11.3 Å². The molecule has 0 radical (unpaired) electrons. The first kappa shape index (κ1) is 18.3. The molecule has 4 aromatic rings. The van der Waals surface area contributed by atoms with Crippen molar-refractivity contribution >= 4 is 5.82 Å². The van der Waals surface area contributed by atoms with Crippen LogP contribution in [0.5, 0.6) is 5.75 Å². The maximum atomic E-state index is 9.64. The molecule has 29 heavy (non-hydrogen) atoms. The number of nitrogens with two attached hydrogens (primary N) is 1. The van der Waals surface area contributed by atoms with Gasteiger partial charge in [0.1, 0.15) is 23.2 Å². The lowest BCUT2D eigenvalue weighted by Crippen LogP contribution is -1.99. The highest BCUT2D eigenvalue weighted by Crippen LogP contribution is 2.33. The molecule has 0 saturated heterocycles. The van der Waals surface area contributed by atoms with E-state index in [0.717, 1.165) is 33.6 Å². The van der Waals surface area contributed by atoms with Gasteiger partial charge in [-0.1, -0.05) is 54.6 Å². The van der Waals surface area contributed by atoms with Crippen LogP contribution in [-0.4, -0.2) is 12.1 Å². The van der Waals surface area contributed by atoms with Gasteiger partial charge >= 0.3 is 0 Å². The van der Waals surface area contributed by atoms with Crippen molar-refractivity contribution in [3.05, 3.63) is 90.5 Å². The number of hydrogen-bond acceptors (Lipinski definition) is 4. The van der Waals surface area contributed by atoms with Crippen molar-refractivity contribution in [1.82, 2.24) is 4.98 Å². The fourth-order valence-corrected chi connectivity index (χ4v) is 3.29. The third kappa shape index (κ3) is 3.67. The fourth-order valence-electron chi connectivity index (χ4n) is 3.29. The minimum Gasteiger partial charge on any atom is -0.497 e. The summed E-state index contributed by atoms with van der Waals surface area (Å²) in [7, 11) is 1.63. The average molecular weight is 377 g/mol. The molecule has 140 valence electrons. The third-order valence-electron chi connectivity index (χ3n) is 4.85. The number of methoxy groups -OCH3 is 1. The van der Waals surface area contributed by atoms with E-state index in [1.54, 1.807) is 7.11 Å². The molecule has 4 rings (SSSR count). The van der Waals surface area contributed by atoms with Crippen molar-refractivity contribution < 1.29 is 4.74 Å². The van der Waals surface area contributed by atoms with Gasteiger partial charge in [-0.2, -0.15) is 5.26 Å². The summed E-state index contributed by atoms with van der Waals surface area (Å²) in [5.74, 6) is 0.995. The summed E-state index contributed by atoms with van der Waals surface area (Å²) >= 11 is 0. The number of benzene rings is 3. The lowest BCUT2D eigenvalue weighted by atomic mass is 9.96. The largest absolute Gasteiger partial charge is 0.497 e. The molecule has 1 heterocycles. The molecular formula is C25H19N3O. The van der Waals surface area contributed by atoms with Crippen LogP contribution >= 0.6 is 0 Å².